The highest BCUT2D eigenvalue weighted by Gasteiger charge is 2.40. The lowest BCUT2D eigenvalue weighted by Crippen LogP contribution is -2.53. The Labute approximate surface area is 117 Å². The molecule has 0 spiro atoms. The Morgan fingerprint density at radius 2 is 2.05 bits per heavy atom. The Morgan fingerprint density at radius 3 is 2.74 bits per heavy atom. The molecule has 2 aliphatic rings. The molecule has 3 nitrogen and oxygen atoms in total. The fraction of sp³-hybridized carbons (Fsp3) is 0.938. The van der Waals surface area contributed by atoms with Crippen molar-refractivity contribution >= 4 is 5.97 Å². The summed E-state index contributed by atoms with van der Waals surface area (Å²) in [5, 5.41) is 9.52. The molecular formula is C16H29NO2. The number of aliphatic carboxylic acids is 1. The molecular weight excluding hydrogens is 238 g/mol. The van der Waals surface area contributed by atoms with E-state index in [2.05, 4.69) is 18.7 Å². The molecule has 0 bridgehead atoms. The topological polar surface area (TPSA) is 40.5 Å². The first-order valence-corrected chi connectivity index (χ1v) is 8.12. The van der Waals surface area contributed by atoms with E-state index in [1.54, 1.807) is 0 Å². The Hall–Kier alpha value is -0.570. The monoisotopic (exact) mass is 267 g/mol. The van der Waals surface area contributed by atoms with Crippen LogP contribution in [0.3, 0.4) is 0 Å². The van der Waals surface area contributed by atoms with Crippen LogP contribution in [0.1, 0.15) is 65.2 Å². The number of likely N-dealkylation sites (tertiary alicyclic amines) is 1. The van der Waals surface area contributed by atoms with Gasteiger partial charge >= 0.3 is 5.97 Å². The summed E-state index contributed by atoms with van der Waals surface area (Å²) in [7, 11) is 0. The first-order valence-electron chi connectivity index (χ1n) is 8.12. The maximum Gasteiger partial charge on any atom is 0.308 e. The van der Waals surface area contributed by atoms with Gasteiger partial charge in [0.1, 0.15) is 0 Å². The second-order valence-corrected chi connectivity index (χ2v) is 6.61. The summed E-state index contributed by atoms with van der Waals surface area (Å²) in [4.78, 5) is 14.1. The van der Waals surface area contributed by atoms with E-state index in [-0.39, 0.29) is 12.0 Å². The van der Waals surface area contributed by atoms with Crippen LogP contribution in [0.4, 0.5) is 0 Å². The summed E-state index contributed by atoms with van der Waals surface area (Å²) < 4.78 is 0. The Morgan fingerprint density at radius 1 is 1.26 bits per heavy atom. The van der Waals surface area contributed by atoms with E-state index in [0.717, 1.165) is 25.8 Å². The molecule has 1 aliphatic carbocycles. The Bertz CT molecular complexity index is 303. The van der Waals surface area contributed by atoms with Crippen molar-refractivity contribution in [2.24, 2.45) is 11.8 Å². The molecule has 1 aliphatic heterocycles. The summed E-state index contributed by atoms with van der Waals surface area (Å²) in [5.74, 6) is -0.0174. The van der Waals surface area contributed by atoms with Gasteiger partial charge in [0.15, 0.2) is 0 Å². The van der Waals surface area contributed by atoms with E-state index in [0.29, 0.717) is 12.0 Å². The summed E-state index contributed by atoms with van der Waals surface area (Å²) in [5.41, 5.74) is 0. The number of carboxylic acids is 1. The molecule has 1 N–H and O–H groups in total. The number of piperidine rings is 1. The average Bonchev–Trinajstić information content (AvgIpc) is 2.39. The van der Waals surface area contributed by atoms with Crippen molar-refractivity contribution in [2.45, 2.75) is 77.3 Å². The third-order valence-corrected chi connectivity index (χ3v) is 5.12. The lowest BCUT2D eigenvalue weighted by molar-refractivity contribution is -0.147. The molecule has 0 aromatic carbocycles. The van der Waals surface area contributed by atoms with Crippen LogP contribution in [0.5, 0.6) is 0 Å². The molecule has 3 heteroatoms. The fourth-order valence-electron chi connectivity index (χ4n) is 4.11. The maximum absolute atomic E-state index is 11.6. The van der Waals surface area contributed by atoms with E-state index in [1.165, 1.54) is 32.1 Å². The van der Waals surface area contributed by atoms with Crippen molar-refractivity contribution in [3.8, 4) is 0 Å². The molecule has 1 saturated heterocycles. The second kappa shape index (κ2) is 6.74. The molecule has 1 heterocycles. The first kappa shape index (κ1) is 14.8. The summed E-state index contributed by atoms with van der Waals surface area (Å²) in [6.07, 6.45) is 9.31. The zero-order chi connectivity index (χ0) is 13.8. The summed E-state index contributed by atoms with van der Waals surface area (Å²) >= 11 is 0. The van der Waals surface area contributed by atoms with Gasteiger partial charge in [-0.3, -0.25) is 9.69 Å². The number of rotatable bonds is 4. The second-order valence-electron chi connectivity index (χ2n) is 6.61. The summed E-state index contributed by atoms with van der Waals surface area (Å²) in [6.45, 7) is 5.64. The van der Waals surface area contributed by atoms with Gasteiger partial charge in [0.05, 0.1) is 5.92 Å². The number of hydrogen-bond donors (Lipinski definition) is 1. The highest BCUT2D eigenvalue weighted by Crippen LogP contribution is 2.36. The molecule has 0 aromatic rings. The van der Waals surface area contributed by atoms with Crippen LogP contribution >= 0.6 is 0 Å². The molecule has 2 fully saturated rings. The molecule has 1 saturated carbocycles. The molecule has 19 heavy (non-hydrogen) atoms. The predicted molar refractivity (Wildman–Crippen MR) is 77.2 cm³/mol. The van der Waals surface area contributed by atoms with Crippen LogP contribution in [0.2, 0.25) is 0 Å². The number of nitrogens with zero attached hydrogens (tertiary/aromatic N) is 1. The quantitative estimate of drug-likeness (QED) is 0.847. The minimum Gasteiger partial charge on any atom is -0.481 e. The van der Waals surface area contributed by atoms with Gasteiger partial charge in [-0.05, 0) is 51.0 Å². The number of carboxylic acid groups (broad SMARTS) is 1. The van der Waals surface area contributed by atoms with Crippen molar-refractivity contribution < 1.29 is 9.90 Å². The third kappa shape index (κ3) is 3.50. The summed E-state index contributed by atoms with van der Waals surface area (Å²) in [6, 6.07) is 0.925. The molecule has 0 aromatic heterocycles. The van der Waals surface area contributed by atoms with Crippen molar-refractivity contribution in [1.29, 1.82) is 0 Å². The van der Waals surface area contributed by atoms with Gasteiger partial charge in [-0.15, -0.1) is 0 Å². The maximum atomic E-state index is 11.6. The predicted octanol–water partition coefficient (Wildman–Crippen LogP) is 3.53. The molecule has 110 valence electrons. The van der Waals surface area contributed by atoms with Gasteiger partial charge in [-0.1, -0.05) is 26.7 Å². The molecule has 4 atom stereocenters. The molecule has 2 rings (SSSR count). The van der Waals surface area contributed by atoms with Gasteiger partial charge in [0.25, 0.3) is 0 Å². The van der Waals surface area contributed by atoms with Gasteiger partial charge < -0.3 is 5.11 Å². The van der Waals surface area contributed by atoms with Crippen LogP contribution in [-0.2, 0) is 4.79 Å². The van der Waals surface area contributed by atoms with Gasteiger partial charge in [0.2, 0.25) is 0 Å². The van der Waals surface area contributed by atoms with Gasteiger partial charge in [-0.2, -0.15) is 0 Å². The van der Waals surface area contributed by atoms with E-state index >= 15 is 0 Å². The normalized spacial score (nSPS) is 37.2. The molecule has 0 radical (unpaired) electrons. The van der Waals surface area contributed by atoms with E-state index < -0.39 is 5.97 Å². The SMILES string of the molecule is CCCC1CCCCN1C1CC(C)CCC1C(=O)O. The molecule has 4 unspecified atom stereocenters. The van der Waals surface area contributed by atoms with Crippen molar-refractivity contribution in [3.05, 3.63) is 0 Å². The average molecular weight is 267 g/mol. The fourth-order valence-corrected chi connectivity index (χ4v) is 4.11. The minimum absolute atomic E-state index is 0.131. The molecule has 0 amide bonds. The highest BCUT2D eigenvalue weighted by atomic mass is 16.4. The van der Waals surface area contributed by atoms with E-state index in [1.807, 2.05) is 0 Å². The minimum atomic E-state index is -0.572. The first-order chi connectivity index (χ1) is 9.13. The van der Waals surface area contributed by atoms with Crippen molar-refractivity contribution in [2.75, 3.05) is 6.54 Å². The van der Waals surface area contributed by atoms with Crippen LogP contribution < -0.4 is 0 Å². The Kier molecular flexibility index (Phi) is 5.26. The van der Waals surface area contributed by atoms with Crippen molar-refractivity contribution in [3.63, 3.8) is 0 Å². The highest BCUT2D eigenvalue weighted by molar-refractivity contribution is 5.71. The lowest BCUT2D eigenvalue weighted by Gasteiger charge is -2.46. The lowest BCUT2D eigenvalue weighted by atomic mass is 9.77. The van der Waals surface area contributed by atoms with Crippen molar-refractivity contribution in [1.82, 2.24) is 4.90 Å². The van der Waals surface area contributed by atoms with E-state index in [9.17, 15) is 9.90 Å². The third-order valence-electron chi connectivity index (χ3n) is 5.12. The van der Waals surface area contributed by atoms with Gasteiger partial charge in [0, 0.05) is 12.1 Å². The van der Waals surface area contributed by atoms with Crippen LogP contribution in [-0.4, -0.2) is 34.6 Å². The van der Waals surface area contributed by atoms with Gasteiger partial charge in [-0.25, -0.2) is 0 Å². The Balaban J connectivity index is 2.11. The van der Waals surface area contributed by atoms with Crippen LogP contribution in [0.25, 0.3) is 0 Å². The largest absolute Gasteiger partial charge is 0.481 e. The zero-order valence-electron chi connectivity index (χ0n) is 12.5. The van der Waals surface area contributed by atoms with Crippen LogP contribution in [0.15, 0.2) is 0 Å². The zero-order valence-corrected chi connectivity index (χ0v) is 12.5. The standard InChI is InChI=1S/C16H29NO2/c1-3-6-13-7-4-5-10-17(13)15-11-12(2)8-9-14(15)16(18)19/h12-15H,3-11H2,1-2H3,(H,18,19). The number of hydrogen-bond acceptors (Lipinski definition) is 2. The smallest absolute Gasteiger partial charge is 0.308 e. The van der Waals surface area contributed by atoms with E-state index in [4.69, 9.17) is 0 Å². The van der Waals surface area contributed by atoms with Crippen LogP contribution in [0, 0.1) is 11.8 Å². The number of carbonyl (C=O) groups is 1.